The van der Waals surface area contributed by atoms with E-state index in [0.717, 1.165) is 35.2 Å². The second kappa shape index (κ2) is 10.1. The molecule has 1 aliphatic rings. The Morgan fingerprint density at radius 3 is 2.38 bits per heavy atom. The lowest BCUT2D eigenvalue weighted by molar-refractivity contribution is -0.116. The Kier molecular flexibility index (Phi) is 6.90. The molecule has 1 aliphatic carbocycles. The van der Waals surface area contributed by atoms with Crippen molar-refractivity contribution in [3.05, 3.63) is 95.1 Å². The second-order valence-corrected chi connectivity index (χ2v) is 11.6. The quantitative estimate of drug-likeness (QED) is 0.319. The summed E-state index contributed by atoms with van der Waals surface area (Å²) < 4.78 is 29.8. The molecule has 0 spiro atoms. The zero-order valence-electron chi connectivity index (χ0n) is 20.6. The fraction of sp³-hybridized carbons (Fsp3) is 0.214. The van der Waals surface area contributed by atoms with Gasteiger partial charge in [-0.15, -0.1) is 0 Å². The number of anilines is 1. The van der Waals surface area contributed by atoms with Crippen molar-refractivity contribution < 1.29 is 13.2 Å². The summed E-state index contributed by atoms with van der Waals surface area (Å²) in [5.74, 6) is -0.145. The number of sulfonamides is 1. The molecule has 0 unspecified atom stereocenters. The second-order valence-electron chi connectivity index (χ2n) is 9.31. The summed E-state index contributed by atoms with van der Waals surface area (Å²) in [6.45, 7) is 3.59. The van der Waals surface area contributed by atoms with Gasteiger partial charge in [-0.25, -0.2) is 13.4 Å². The monoisotopic (exact) mass is 534 g/mol. The van der Waals surface area contributed by atoms with Crippen LogP contribution in [0.15, 0.2) is 83.9 Å². The molecule has 1 aromatic heterocycles. The number of carbonyl (C=O) groups excluding carboxylic acids is 1. The van der Waals surface area contributed by atoms with E-state index in [1.807, 2.05) is 56.4 Å². The van der Waals surface area contributed by atoms with Crippen LogP contribution in [-0.2, 0) is 14.8 Å². The van der Waals surface area contributed by atoms with Gasteiger partial charge in [0.2, 0.25) is 21.9 Å². The van der Waals surface area contributed by atoms with E-state index >= 15 is 0 Å². The molecule has 3 aromatic carbocycles. The van der Waals surface area contributed by atoms with Crippen molar-refractivity contribution >= 4 is 33.5 Å². The van der Waals surface area contributed by atoms with E-state index in [0.29, 0.717) is 16.7 Å². The first-order chi connectivity index (χ1) is 17.7. The molecule has 0 bridgehead atoms. The number of aryl methyl sites for hydroxylation is 2. The number of imidazole rings is 1. The minimum atomic E-state index is -3.82. The van der Waals surface area contributed by atoms with E-state index in [4.69, 9.17) is 11.6 Å². The minimum absolute atomic E-state index is 0.182. The number of amides is 1. The van der Waals surface area contributed by atoms with E-state index in [1.54, 1.807) is 41.0 Å². The van der Waals surface area contributed by atoms with Crippen molar-refractivity contribution in [2.24, 2.45) is 0 Å². The molecular formula is C28H27ClN4O3S. The molecule has 5 rings (SSSR count). The van der Waals surface area contributed by atoms with Crippen LogP contribution in [0.25, 0.3) is 16.9 Å². The van der Waals surface area contributed by atoms with Crippen molar-refractivity contribution in [1.29, 1.82) is 0 Å². The summed E-state index contributed by atoms with van der Waals surface area (Å²) in [6.07, 6.45) is 3.31. The maximum absolute atomic E-state index is 13.4. The topological polar surface area (TPSA) is 84.3 Å². The Labute approximate surface area is 221 Å². The van der Waals surface area contributed by atoms with Gasteiger partial charge < -0.3 is 0 Å². The molecule has 0 aliphatic heterocycles. The van der Waals surface area contributed by atoms with Gasteiger partial charge in [-0.05, 0) is 68.7 Å². The highest BCUT2D eigenvalue weighted by atomic mass is 35.5. The van der Waals surface area contributed by atoms with Crippen LogP contribution >= 0.6 is 11.6 Å². The Morgan fingerprint density at radius 1 is 1.03 bits per heavy atom. The predicted molar refractivity (Wildman–Crippen MR) is 145 cm³/mol. The van der Waals surface area contributed by atoms with E-state index in [2.05, 4.69) is 10.3 Å². The van der Waals surface area contributed by atoms with Crippen LogP contribution in [-0.4, -0.2) is 40.8 Å². The van der Waals surface area contributed by atoms with Crippen LogP contribution in [0.3, 0.4) is 0 Å². The fourth-order valence-electron chi connectivity index (χ4n) is 4.13. The third-order valence-corrected chi connectivity index (χ3v) is 8.42. The maximum atomic E-state index is 13.4. The van der Waals surface area contributed by atoms with Crippen LogP contribution < -0.4 is 5.32 Å². The van der Waals surface area contributed by atoms with Gasteiger partial charge in [0.15, 0.2) is 0 Å². The Hall–Kier alpha value is -3.46. The van der Waals surface area contributed by atoms with E-state index in [-0.39, 0.29) is 17.5 Å². The third kappa shape index (κ3) is 5.61. The third-order valence-electron chi connectivity index (χ3n) is 6.26. The van der Waals surface area contributed by atoms with E-state index in [9.17, 15) is 13.2 Å². The SMILES string of the molecule is Cc1ccc(S(=O)(=O)N(CC(=O)Nc2nc(-c3ccc(Cl)cc3)cn2-c2cccc(C)c2)C2CC2)cc1. The molecular weight excluding hydrogens is 508 g/mol. The average molecular weight is 535 g/mol. The molecule has 0 atom stereocenters. The van der Waals surface area contributed by atoms with Crippen molar-refractivity contribution in [1.82, 2.24) is 13.9 Å². The number of nitrogens with zero attached hydrogens (tertiary/aromatic N) is 3. The number of hydrogen-bond donors (Lipinski definition) is 1. The van der Waals surface area contributed by atoms with Crippen LogP contribution in [0.1, 0.15) is 24.0 Å². The van der Waals surface area contributed by atoms with Gasteiger partial charge in [0.1, 0.15) is 0 Å². The zero-order chi connectivity index (χ0) is 26.2. The normalized spacial score (nSPS) is 13.6. The highest BCUT2D eigenvalue weighted by molar-refractivity contribution is 7.89. The molecule has 37 heavy (non-hydrogen) atoms. The Balaban J connectivity index is 1.44. The molecule has 1 N–H and O–H groups in total. The number of benzene rings is 3. The molecule has 9 heteroatoms. The van der Waals surface area contributed by atoms with Crippen molar-refractivity contribution in [3.63, 3.8) is 0 Å². The standard InChI is InChI=1S/C28H27ClN4O3S/c1-19-6-14-25(15-7-19)37(35,36)33(23-12-13-23)18-27(34)31-28-30-26(21-8-10-22(29)11-9-21)17-32(28)24-5-3-4-20(2)16-24/h3-11,14-17,23H,12-13,18H2,1-2H3,(H,30,31,34). The number of nitrogens with one attached hydrogen (secondary N) is 1. The minimum Gasteiger partial charge on any atom is -0.294 e. The van der Waals surface area contributed by atoms with Crippen LogP contribution in [0.2, 0.25) is 5.02 Å². The van der Waals surface area contributed by atoms with Gasteiger partial charge in [-0.3, -0.25) is 14.7 Å². The first-order valence-electron chi connectivity index (χ1n) is 12.0. The van der Waals surface area contributed by atoms with Crippen LogP contribution in [0, 0.1) is 13.8 Å². The highest BCUT2D eigenvalue weighted by Crippen LogP contribution is 2.32. The smallest absolute Gasteiger partial charge is 0.243 e. The van der Waals surface area contributed by atoms with Gasteiger partial charge in [0.05, 0.1) is 17.1 Å². The predicted octanol–water partition coefficient (Wildman–Crippen LogP) is 5.60. The molecule has 0 saturated heterocycles. The summed E-state index contributed by atoms with van der Waals surface area (Å²) >= 11 is 6.05. The number of carbonyl (C=O) groups is 1. The van der Waals surface area contributed by atoms with Gasteiger partial charge in [0.25, 0.3) is 0 Å². The Bertz CT molecular complexity index is 1540. The number of hydrogen-bond acceptors (Lipinski definition) is 4. The van der Waals surface area contributed by atoms with Crippen LogP contribution in [0.5, 0.6) is 0 Å². The van der Waals surface area contributed by atoms with Crippen molar-refractivity contribution in [3.8, 4) is 16.9 Å². The summed E-state index contributed by atoms with van der Waals surface area (Å²) in [5.41, 5.74) is 4.34. The van der Waals surface area contributed by atoms with Gasteiger partial charge >= 0.3 is 0 Å². The lowest BCUT2D eigenvalue weighted by atomic mass is 10.2. The van der Waals surface area contributed by atoms with Gasteiger partial charge in [-0.1, -0.05) is 53.6 Å². The van der Waals surface area contributed by atoms with Crippen molar-refractivity contribution in [2.75, 3.05) is 11.9 Å². The summed E-state index contributed by atoms with van der Waals surface area (Å²) in [5, 5.41) is 3.47. The van der Waals surface area contributed by atoms with E-state index in [1.165, 1.54) is 4.31 Å². The molecule has 7 nitrogen and oxygen atoms in total. The van der Waals surface area contributed by atoms with E-state index < -0.39 is 15.9 Å². The zero-order valence-corrected chi connectivity index (χ0v) is 22.1. The molecule has 1 amide bonds. The molecule has 190 valence electrons. The molecule has 1 heterocycles. The molecule has 1 fully saturated rings. The summed E-state index contributed by atoms with van der Waals surface area (Å²) in [7, 11) is -3.82. The Morgan fingerprint density at radius 2 is 1.73 bits per heavy atom. The lowest BCUT2D eigenvalue weighted by Crippen LogP contribution is -2.39. The maximum Gasteiger partial charge on any atom is 0.243 e. The number of aromatic nitrogens is 2. The van der Waals surface area contributed by atoms with Gasteiger partial charge in [0, 0.05) is 28.5 Å². The van der Waals surface area contributed by atoms with Crippen molar-refractivity contribution in [2.45, 2.75) is 37.6 Å². The first-order valence-corrected chi connectivity index (χ1v) is 13.8. The molecule has 4 aromatic rings. The number of halogens is 1. The lowest BCUT2D eigenvalue weighted by Gasteiger charge is -2.21. The van der Waals surface area contributed by atoms with Gasteiger partial charge in [-0.2, -0.15) is 4.31 Å². The van der Waals surface area contributed by atoms with Crippen LogP contribution in [0.4, 0.5) is 5.95 Å². The number of rotatable bonds is 8. The summed E-state index contributed by atoms with van der Waals surface area (Å²) in [6, 6.07) is 21.6. The first kappa shape index (κ1) is 25.2. The highest BCUT2D eigenvalue weighted by Gasteiger charge is 2.39. The average Bonchev–Trinajstić information content (AvgIpc) is 3.62. The summed E-state index contributed by atoms with van der Waals surface area (Å²) in [4.78, 5) is 18.1. The fourth-order valence-corrected chi connectivity index (χ4v) is 5.89. The molecule has 1 saturated carbocycles. The molecule has 0 radical (unpaired) electrons. The largest absolute Gasteiger partial charge is 0.294 e.